The molecule has 3 aromatic rings. The van der Waals surface area contributed by atoms with Crippen molar-refractivity contribution < 1.29 is 47.6 Å². The summed E-state index contributed by atoms with van der Waals surface area (Å²) in [4.78, 5) is 19.5. The Hall–Kier alpha value is -2.64. The van der Waals surface area contributed by atoms with Gasteiger partial charge >= 0.3 is 6.18 Å². The van der Waals surface area contributed by atoms with Gasteiger partial charge in [-0.3, -0.25) is 14.2 Å². The number of alkyl halides is 3. The van der Waals surface area contributed by atoms with Crippen LogP contribution in [0.5, 0.6) is 0 Å². The fourth-order valence-corrected chi connectivity index (χ4v) is 3.30. The Morgan fingerprint density at radius 2 is 1.75 bits per heavy atom. The van der Waals surface area contributed by atoms with E-state index in [1.54, 1.807) is 26.2 Å². The Labute approximate surface area is 222 Å². The Kier molecular flexibility index (Phi) is 11.4. The zero-order valence-corrected chi connectivity index (χ0v) is 23.3. The number of aliphatic hydroxyl groups is 1. The molecule has 0 aliphatic carbocycles. The van der Waals surface area contributed by atoms with Gasteiger partial charge in [-0.1, -0.05) is 64.8 Å². The smallest absolute Gasteiger partial charge is 0.448 e. The first-order valence-electron chi connectivity index (χ1n) is 11.1. The van der Waals surface area contributed by atoms with Gasteiger partial charge < -0.3 is 5.11 Å². The molecule has 0 saturated heterocycles. The van der Waals surface area contributed by atoms with Crippen molar-refractivity contribution in [3.8, 4) is 11.3 Å². The molecule has 0 aliphatic rings. The second kappa shape index (κ2) is 13.1. The quantitative estimate of drug-likeness (QED) is 0.133. The minimum Gasteiger partial charge on any atom is -0.504 e. The average molecular weight is 682 g/mol. The number of carbonyl (C=O) groups is 1. The molecule has 0 saturated carbocycles. The van der Waals surface area contributed by atoms with E-state index in [0.717, 1.165) is 28.6 Å². The molecule has 2 aromatic carbocycles. The summed E-state index contributed by atoms with van der Waals surface area (Å²) in [6.07, 6.45) is -2.04. The molecule has 0 spiro atoms. The minimum atomic E-state index is -4.83. The molecule has 0 aliphatic heterocycles. The molecule has 9 heteroatoms. The molecule has 0 amide bonds. The summed E-state index contributed by atoms with van der Waals surface area (Å²) < 4.78 is 48.7. The van der Waals surface area contributed by atoms with E-state index in [1.807, 2.05) is 0 Å². The third kappa shape index (κ3) is 8.49. The van der Waals surface area contributed by atoms with Crippen LogP contribution in [0.25, 0.3) is 22.2 Å². The first kappa shape index (κ1) is 31.4. The van der Waals surface area contributed by atoms with Crippen molar-refractivity contribution in [2.75, 3.05) is 0 Å². The summed E-state index contributed by atoms with van der Waals surface area (Å²) in [5.41, 5.74) is 4.93. The van der Waals surface area contributed by atoms with E-state index >= 15 is 0 Å². The minimum absolute atomic E-state index is 0. The monoisotopic (exact) mass is 682 g/mol. The van der Waals surface area contributed by atoms with Gasteiger partial charge in [-0.15, -0.1) is 17.7 Å². The first-order valence-corrected chi connectivity index (χ1v) is 11.1. The number of nitrogens with zero attached hydrogens (tertiary/aromatic N) is 2. The normalized spacial score (nSPS) is 11.8. The van der Waals surface area contributed by atoms with Crippen molar-refractivity contribution in [1.82, 2.24) is 9.97 Å². The van der Waals surface area contributed by atoms with E-state index in [9.17, 15) is 22.4 Å². The number of fused-ring (bicyclic) bond motifs is 1. The summed E-state index contributed by atoms with van der Waals surface area (Å²) in [7, 11) is 0. The van der Waals surface area contributed by atoms with Crippen LogP contribution in [0.2, 0.25) is 0 Å². The number of benzene rings is 2. The summed E-state index contributed by atoms with van der Waals surface area (Å²) in [6, 6.07) is 11.2. The maximum atomic E-state index is 13.9. The number of aryl methyl sites for hydroxylation is 2. The summed E-state index contributed by atoms with van der Waals surface area (Å²) in [6.45, 7) is 10.8. The van der Waals surface area contributed by atoms with Crippen LogP contribution < -0.4 is 0 Å². The molecular formula is C27H29F4IrN2O2-. The molecule has 0 atom stereocenters. The number of allylic oxidation sites excluding steroid dienone is 2. The maximum Gasteiger partial charge on any atom is 0.448 e. The Bertz CT molecular complexity index is 1220. The van der Waals surface area contributed by atoms with Crippen molar-refractivity contribution in [2.45, 2.75) is 54.1 Å². The number of carbonyl (C=O) groups excluding carboxylic acids is 1. The molecule has 1 N–H and O–H groups in total. The van der Waals surface area contributed by atoms with Gasteiger partial charge in [0.1, 0.15) is 6.33 Å². The van der Waals surface area contributed by atoms with Gasteiger partial charge in [0.2, 0.25) is 5.76 Å². The molecule has 1 heterocycles. The molecule has 0 fully saturated rings. The third-order valence-electron chi connectivity index (χ3n) is 5.10. The summed E-state index contributed by atoms with van der Waals surface area (Å²) in [5, 5.41) is 9.29. The molecule has 197 valence electrons. The fourth-order valence-electron chi connectivity index (χ4n) is 3.30. The predicted molar refractivity (Wildman–Crippen MR) is 128 cm³/mol. The second-order valence-corrected chi connectivity index (χ2v) is 9.06. The molecule has 1 radical (unpaired) electrons. The topological polar surface area (TPSA) is 63.1 Å². The fraction of sp³-hybridized carbons (Fsp3) is 0.370. The summed E-state index contributed by atoms with van der Waals surface area (Å²) in [5.74, 6) is -2.74. The number of hydrogen-bond donors (Lipinski definition) is 1. The van der Waals surface area contributed by atoms with Crippen molar-refractivity contribution in [1.29, 1.82) is 0 Å². The van der Waals surface area contributed by atoms with E-state index in [-0.39, 0.29) is 32.0 Å². The number of ketones is 1. The number of aliphatic hydroxyl groups excluding tert-OH is 1. The van der Waals surface area contributed by atoms with E-state index in [0.29, 0.717) is 17.0 Å². The summed E-state index contributed by atoms with van der Waals surface area (Å²) >= 11 is 0. The van der Waals surface area contributed by atoms with Crippen LogP contribution >= 0.6 is 0 Å². The zero-order chi connectivity index (χ0) is 26.5. The van der Waals surface area contributed by atoms with Crippen LogP contribution in [-0.2, 0) is 31.3 Å². The molecule has 0 bridgehead atoms. The van der Waals surface area contributed by atoms with Crippen molar-refractivity contribution >= 4 is 16.7 Å². The molecule has 1 aromatic heterocycles. The SMILES string of the molecule is CC(C)C(=O)/C=C(\O)C(F)(F)F.Cc1[c-]c(-c2ncnc3cc(CC(C)C)ccc23)cc(C)c1F.[Ir]. The number of halogens is 4. The third-order valence-corrected chi connectivity index (χ3v) is 5.10. The molecule has 4 nitrogen and oxygen atoms in total. The van der Waals surface area contributed by atoms with Crippen molar-refractivity contribution in [3.63, 3.8) is 0 Å². The van der Waals surface area contributed by atoms with Crippen LogP contribution in [0.4, 0.5) is 17.6 Å². The largest absolute Gasteiger partial charge is 0.504 e. The molecule has 3 rings (SSSR count). The van der Waals surface area contributed by atoms with Gasteiger partial charge in [-0.2, -0.15) is 13.2 Å². The maximum absolute atomic E-state index is 13.9. The zero-order valence-electron chi connectivity index (χ0n) is 20.9. The van der Waals surface area contributed by atoms with Crippen LogP contribution in [0.1, 0.15) is 44.4 Å². The molecular weight excluding hydrogens is 653 g/mol. The van der Waals surface area contributed by atoms with Gasteiger partial charge in [-0.25, -0.2) is 4.98 Å². The van der Waals surface area contributed by atoms with Gasteiger partial charge in [0, 0.05) is 37.9 Å². The van der Waals surface area contributed by atoms with Crippen LogP contribution in [0.3, 0.4) is 0 Å². The van der Waals surface area contributed by atoms with Crippen LogP contribution in [0, 0.1) is 37.6 Å². The van der Waals surface area contributed by atoms with E-state index in [4.69, 9.17) is 5.11 Å². The molecule has 0 unspecified atom stereocenters. The molecule has 36 heavy (non-hydrogen) atoms. The number of rotatable bonds is 5. The average Bonchev–Trinajstić information content (AvgIpc) is 2.75. The number of hydrogen-bond acceptors (Lipinski definition) is 4. The predicted octanol–water partition coefficient (Wildman–Crippen LogP) is 7.26. The van der Waals surface area contributed by atoms with E-state index < -0.39 is 23.6 Å². The Balaban J connectivity index is 0.000000429. The van der Waals surface area contributed by atoms with Crippen LogP contribution in [-0.4, -0.2) is 27.0 Å². The van der Waals surface area contributed by atoms with E-state index in [1.165, 1.54) is 19.4 Å². The standard InChI is InChI=1S/C20H20FN2.C7H9F3O2.Ir/c1-12(2)7-15-5-6-17-18(10-15)22-11-23-20(17)16-8-13(3)19(21)14(4)9-16;1-4(2)5(11)3-6(12)7(8,9)10;/h5-6,8,10-12H,7H2,1-4H3;3-4,12H,1-2H3;/q-1;;/b;6-3-;. The Morgan fingerprint density at radius 3 is 2.28 bits per heavy atom. The Morgan fingerprint density at radius 1 is 1.11 bits per heavy atom. The first-order chi connectivity index (χ1) is 16.2. The van der Waals surface area contributed by atoms with Crippen LogP contribution in [0.15, 0.2) is 42.4 Å². The second-order valence-electron chi connectivity index (χ2n) is 9.06. The van der Waals surface area contributed by atoms with Gasteiger partial charge in [0.05, 0.1) is 5.52 Å². The number of aromatic nitrogens is 2. The van der Waals surface area contributed by atoms with Gasteiger partial charge in [0.15, 0.2) is 5.78 Å². The van der Waals surface area contributed by atoms with Crippen molar-refractivity contribution in [3.05, 3.63) is 71.0 Å². The van der Waals surface area contributed by atoms with Gasteiger partial charge in [-0.05, 0) is 35.0 Å². The van der Waals surface area contributed by atoms with Crippen molar-refractivity contribution in [2.24, 2.45) is 11.8 Å². The van der Waals surface area contributed by atoms with E-state index in [2.05, 4.69) is 48.1 Å². The van der Waals surface area contributed by atoms with Gasteiger partial charge in [0.25, 0.3) is 0 Å².